The molecule has 4 fully saturated rings. The van der Waals surface area contributed by atoms with Crippen molar-refractivity contribution in [2.75, 3.05) is 19.1 Å². The average Bonchev–Trinajstić information content (AvgIpc) is 2.34. The zero-order valence-electron chi connectivity index (χ0n) is 13.6. The van der Waals surface area contributed by atoms with E-state index in [1.807, 2.05) is 7.05 Å². The van der Waals surface area contributed by atoms with Crippen LogP contribution < -0.4 is 5.32 Å². The lowest BCUT2D eigenvalue weighted by Gasteiger charge is -2.57. The summed E-state index contributed by atoms with van der Waals surface area (Å²) in [7, 11) is -0.762. The fourth-order valence-electron chi connectivity index (χ4n) is 6.00. The standard InChI is InChI=1S/C17H31NO2S/c1-18-16(4-3-5-21(2,19)20)12-17-9-13-6-14(10-17)8-15(7-13)11-17/h13-16,18H,3-12H2,1-2H3. The van der Waals surface area contributed by atoms with Gasteiger partial charge in [0.2, 0.25) is 0 Å². The topological polar surface area (TPSA) is 46.2 Å². The first kappa shape index (κ1) is 15.8. The predicted molar refractivity (Wildman–Crippen MR) is 87.0 cm³/mol. The Morgan fingerprint density at radius 2 is 1.62 bits per heavy atom. The van der Waals surface area contributed by atoms with Crippen molar-refractivity contribution < 1.29 is 8.42 Å². The van der Waals surface area contributed by atoms with Crippen molar-refractivity contribution in [3.63, 3.8) is 0 Å². The van der Waals surface area contributed by atoms with E-state index in [1.165, 1.54) is 51.2 Å². The zero-order chi connectivity index (χ0) is 15.1. The highest BCUT2D eigenvalue weighted by atomic mass is 32.2. The molecule has 4 aliphatic rings. The fourth-order valence-corrected chi connectivity index (χ4v) is 6.69. The molecule has 0 aromatic carbocycles. The highest BCUT2D eigenvalue weighted by molar-refractivity contribution is 7.90. The molecule has 4 rings (SSSR count). The molecular weight excluding hydrogens is 282 g/mol. The molecule has 4 aliphatic carbocycles. The Labute approximate surface area is 130 Å². The summed E-state index contributed by atoms with van der Waals surface area (Å²) in [5.41, 5.74) is 0.591. The van der Waals surface area contributed by atoms with Crippen LogP contribution in [-0.2, 0) is 9.84 Å². The van der Waals surface area contributed by atoms with Gasteiger partial charge >= 0.3 is 0 Å². The molecular formula is C17H31NO2S. The van der Waals surface area contributed by atoms with E-state index < -0.39 is 9.84 Å². The third-order valence-corrected chi connectivity index (χ3v) is 7.35. The van der Waals surface area contributed by atoms with Gasteiger partial charge in [0, 0.05) is 18.1 Å². The molecule has 0 spiro atoms. The highest BCUT2D eigenvalue weighted by Gasteiger charge is 2.51. The van der Waals surface area contributed by atoms with Crippen LogP contribution >= 0.6 is 0 Å². The maximum atomic E-state index is 11.3. The number of rotatable bonds is 7. The molecule has 1 atom stereocenters. The molecule has 0 aromatic heterocycles. The molecule has 3 nitrogen and oxygen atoms in total. The maximum absolute atomic E-state index is 11.3. The normalized spacial score (nSPS) is 39.6. The molecule has 4 saturated carbocycles. The van der Waals surface area contributed by atoms with Crippen molar-refractivity contribution in [3.05, 3.63) is 0 Å². The van der Waals surface area contributed by atoms with Crippen LogP contribution in [0.3, 0.4) is 0 Å². The summed E-state index contributed by atoms with van der Waals surface area (Å²) in [6.07, 6.45) is 13.3. The van der Waals surface area contributed by atoms with Crippen LogP contribution in [0.15, 0.2) is 0 Å². The van der Waals surface area contributed by atoms with Gasteiger partial charge in [0.25, 0.3) is 0 Å². The number of hydrogen-bond donors (Lipinski definition) is 1. The van der Waals surface area contributed by atoms with E-state index in [-0.39, 0.29) is 0 Å². The lowest BCUT2D eigenvalue weighted by molar-refractivity contribution is -0.0620. The average molecular weight is 314 g/mol. The summed E-state index contributed by atoms with van der Waals surface area (Å²) >= 11 is 0. The van der Waals surface area contributed by atoms with Crippen LogP contribution in [0.25, 0.3) is 0 Å². The molecule has 0 radical (unpaired) electrons. The van der Waals surface area contributed by atoms with E-state index in [4.69, 9.17) is 0 Å². The molecule has 0 heterocycles. The van der Waals surface area contributed by atoms with Crippen molar-refractivity contribution in [2.45, 2.75) is 63.8 Å². The van der Waals surface area contributed by atoms with Gasteiger partial charge in [0.1, 0.15) is 9.84 Å². The van der Waals surface area contributed by atoms with Crippen LogP contribution in [0.5, 0.6) is 0 Å². The van der Waals surface area contributed by atoms with Crippen molar-refractivity contribution in [1.82, 2.24) is 5.32 Å². The molecule has 122 valence electrons. The third-order valence-electron chi connectivity index (χ3n) is 6.32. The highest BCUT2D eigenvalue weighted by Crippen LogP contribution is 2.61. The number of hydrogen-bond acceptors (Lipinski definition) is 3. The molecule has 0 saturated heterocycles. The molecule has 21 heavy (non-hydrogen) atoms. The number of nitrogens with one attached hydrogen (secondary N) is 1. The van der Waals surface area contributed by atoms with E-state index in [0.717, 1.165) is 30.6 Å². The van der Waals surface area contributed by atoms with Gasteiger partial charge in [-0.05, 0) is 88.0 Å². The van der Waals surface area contributed by atoms with Gasteiger partial charge in [-0.2, -0.15) is 0 Å². The minimum absolute atomic E-state index is 0.339. The Morgan fingerprint density at radius 1 is 1.10 bits per heavy atom. The minimum Gasteiger partial charge on any atom is -0.317 e. The molecule has 0 aromatic rings. The SMILES string of the molecule is CNC(CCCS(C)(=O)=O)CC12CC3CC(CC(C3)C1)C2. The van der Waals surface area contributed by atoms with E-state index in [9.17, 15) is 8.42 Å². The van der Waals surface area contributed by atoms with Gasteiger partial charge < -0.3 is 5.32 Å². The second-order valence-electron chi connectivity index (χ2n) is 8.38. The number of sulfone groups is 1. The van der Waals surface area contributed by atoms with E-state index >= 15 is 0 Å². The lowest BCUT2D eigenvalue weighted by atomic mass is 9.48. The van der Waals surface area contributed by atoms with Crippen LogP contribution in [0.2, 0.25) is 0 Å². The first-order chi connectivity index (χ1) is 9.87. The Balaban J connectivity index is 1.56. The van der Waals surface area contributed by atoms with Crippen LogP contribution in [0, 0.1) is 23.2 Å². The smallest absolute Gasteiger partial charge is 0.147 e. The molecule has 0 amide bonds. The summed E-state index contributed by atoms with van der Waals surface area (Å²) in [6.45, 7) is 0. The van der Waals surface area contributed by atoms with Crippen LogP contribution in [0.4, 0.5) is 0 Å². The van der Waals surface area contributed by atoms with E-state index in [0.29, 0.717) is 17.2 Å². The second kappa shape index (κ2) is 5.84. The minimum atomic E-state index is -2.81. The fraction of sp³-hybridized carbons (Fsp3) is 1.00. The quantitative estimate of drug-likeness (QED) is 0.786. The van der Waals surface area contributed by atoms with Gasteiger partial charge in [-0.3, -0.25) is 0 Å². The summed E-state index contributed by atoms with van der Waals surface area (Å²) in [5, 5.41) is 3.47. The molecule has 0 aliphatic heterocycles. The van der Waals surface area contributed by atoms with Crippen molar-refractivity contribution in [3.8, 4) is 0 Å². The van der Waals surface area contributed by atoms with Crippen molar-refractivity contribution in [1.29, 1.82) is 0 Å². The van der Waals surface area contributed by atoms with E-state index in [2.05, 4.69) is 5.32 Å². The third kappa shape index (κ3) is 3.82. The lowest BCUT2D eigenvalue weighted by Crippen LogP contribution is -2.48. The van der Waals surface area contributed by atoms with Gasteiger partial charge in [-0.25, -0.2) is 8.42 Å². The summed E-state index contributed by atoms with van der Waals surface area (Å²) < 4.78 is 22.6. The first-order valence-corrected chi connectivity index (χ1v) is 10.8. The Kier molecular flexibility index (Phi) is 4.39. The van der Waals surface area contributed by atoms with Crippen LogP contribution in [0.1, 0.15) is 57.8 Å². The maximum Gasteiger partial charge on any atom is 0.147 e. The molecule has 4 heteroatoms. The predicted octanol–water partition coefficient (Wildman–Crippen LogP) is 3.01. The Bertz CT molecular complexity index is 436. The Hall–Kier alpha value is -0.0900. The van der Waals surface area contributed by atoms with Gasteiger partial charge in [0.15, 0.2) is 0 Å². The second-order valence-corrected chi connectivity index (χ2v) is 10.6. The summed E-state index contributed by atoms with van der Waals surface area (Å²) in [5.74, 6) is 3.35. The summed E-state index contributed by atoms with van der Waals surface area (Å²) in [4.78, 5) is 0. The van der Waals surface area contributed by atoms with Crippen molar-refractivity contribution in [2.24, 2.45) is 23.2 Å². The van der Waals surface area contributed by atoms with Gasteiger partial charge in [-0.1, -0.05) is 0 Å². The van der Waals surface area contributed by atoms with Crippen molar-refractivity contribution >= 4 is 9.84 Å². The van der Waals surface area contributed by atoms with Gasteiger partial charge in [-0.15, -0.1) is 0 Å². The van der Waals surface area contributed by atoms with E-state index in [1.54, 1.807) is 0 Å². The Morgan fingerprint density at radius 3 is 2.05 bits per heavy atom. The molecule has 4 bridgehead atoms. The zero-order valence-corrected chi connectivity index (χ0v) is 14.4. The monoisotopic (exact) mass is 313 g/mol. The molecule has 1 N–H and O–H groups in total. The largest absolute Gasteiger partial charge is 0.317 e. The molecule has 1 unspecified atom stereocenters. The van der Waals surface area contributed by atoms with Crippen LogP contribution in [-0.4, -0.2) is 33.5 Å². The van der Waals surface area contributed by atoms with Gasteiger partial charge in [0.05, 0.1) is 0 Å². The first-order valence-electron chi connectivity index (χ1n) is 8.72. The summed E-state index contributed by atoms with van der Waals surface area (Å²) in [6, 6.07) is 0.503.